The van der Waals surface area contributed by atoms with E-state index < -0.39 is 5.97 Å². The Kier molecular flexibility index (Phi) is 51.9. The van der Waals surface area contributed by atoms with Crippen LogP contribution in [0, 0.1) is 0 Å². The first kappa shape index (κ1) is 56.5. The van der Waals surface area contributed by atoms with Gasteiger partial charge in [0.25, 0.3) is 0 Å². The number of hydrogen-bond donors (Lipinski definition) is 0. The summed E-state index contributed by atoms with van der Waals surface area (Å²) in [5, 5.41) is 11.0. The van der Waals surface area contributed by atoms with Gasteiger partial charge < -0.3 is 14.8 Å². The number of carboxylic acids is 1. The van der Waals surface area contributed by atoms with Gasteiger partial charge in [0.2, 0.25) is 0 Å². The van der Waals surface area contributed by atoms with Gasteiger partial charge in [0.15, 0.2) is 0 Å². The molecule has 0 N–H and O–H groups in total. The molecule has 3 nitrogen and oxygen atoms in total. The van der Waals surface area contributed by atoms with Gasteiger partial charge in [-0.1, -0.05) is 258 Å². The quantitative estimate of drug-likeness (QED) is 0.0457. The number of rotatable bonds is 47. The zero-order valence-electron chi connectivity index (χ0n) is 38.2. The van der Waals surface area contributed by atoms with Gasteiger partial charge in [-0.05, 0) is 52.1 Å². The van der Waals surface area contributed by atoms with E-state index >= 15 is 0 Å². The Morgan fingerprint density at radius 2 is 0.574 bits per heavy atom. The second kappa shape index (κ2) is 49.6. The SMILES string of the molecule is CCCCCCCCCCCCCCCCCCCCCCN(CCCCCCCCCCCCCCCCCCCCCC)C(C)CCCC(=O)[O-].[Na+]. The third-order valence-electron chi connectivity index (χ3n) is 12.2. The Hall–Kier alpha value is 0.430. The zero-order valence-corrected chi connectivity index (χ0v) is 40.2. The summed E-state index contributed by atoms with van der Waals surface area (Å²) in [4.78, 5) is 13.6. The van der Waals surface area contributed by atoms with Crippen LogP contribution in [0.25, 0.3) is 0 Å². The second-order valence-corrected chi connectivity index (χ2v) is 17.6. The number of aliphatic carboxylic acids is 1. The van der Waals surface area contributed by atoms with Crippen LogP contribution in [0.2, 0.25) is 0 Å². The van der Waals surface area contributed by atoms with Gasteiger partial charge in [-0.2, -0.15) is 0 Å². The van der Waals surface area contributed by atoms with Crippen molar-refractivity contribution in [3.05, 3.63) is 0 Å². The van der Waals surface area contributed by atoms with Crippen LogP contribution in [0.15, 0.2) is 0 Å². The Balaban J connectivity index is 0. The smallest absolute Gasteiger partial charge is 0.550 e. The summed E-state index contributed by atoms with van der Waals surface area (Å²) in [7, 11) is 0. The third-order valence-corrected chi connectivity index (χ3v) is 12.2. The van der Waals surface area contributed by atoms with Crippen LogP contribution in [0.5, 0.6) is 0 Å². The fourth-order valence-electron chi connectivity index (χ4n) is 8.42. The van der Waals surface area contributed by atoms with Gasteiger partial charge in [0.1, 0.15) is 0 Å². The van der Waals surface area contributed by atoms with Gasteiger partial charge >= 0.3 is 29.6 Å². The van der Waals surface area contributed by atoms with Gasteiger partial charge in [-0.15, -0.1) is 0 Å². The molecule has 0 aromatic heterocycles. The summed E-state index contributed by atoms with van der Waals surface area (Å²) in [6.45, 7) is 9.30. The fourth-order valence-corrected chi connectivity index (χ4v) is 8.42. The van der Waals surface area contributed by atoms with Crippen LogP contribution in [-0.4, -0.2) is 30.0 Å². The van der Waals surface area contributed by atoms with Crippen LogP contribution in [0.3, 0.4) is 0 Å². The zero-order chi connectivity index (χ0) is 38.6. The molecule has 54 heavy (non-hydrogen) atoms. The van der Waals surface area contributed by atoms with E-state index in [1.807, 2.05) is 0 Å². The standard InChI is InChI=1S/C50H101NO2.Na/c1-4-6-8-10-12-14-16-18-20-22-24-26-28-30-32-34-36-38-40-42-47-51(49(3)45-44-46-50(52)53)48-43-41-39-37-35-33-31-29-27-25-23-21-19-17-15-13-11-9-7-5-2;/h49H,4-48H2,1-3H3,(H,52,53);/q;+1/p-1. The van der Waals surface area contributed by atoms with Crippen molar-refractivity contribution in [2.75, 3.05) is 13.1 Å². The molecule has 0 saturated heterocycles. The van der Waals surface area contributed by atoms with Gasteiger partial charge in [-0.25, -0.2) is 0 Å². The Morgan fingerprint density at radius 3 is 0.778 bits per heavy atom. The predicted molar refractivity (Wildman–Crippen MR) is 236 cm³/mol. The number of carbonyl (C=O) groups excluding carboxylic acids is 1. The van der Waals surface area contributed by atoms with Crippen molar-refractivity contribution in [1.82, 2.24) is 4.90 Å². The van der Waals surface area contributed by atoms with E-state index in [2.05, 4.69) is 25.7 Å². The first-order chi connectivity index (χ1) is 26.1. The van der Waals surface area contributed by atoms with E-state index in [1.165, 1.54) is 270 Å². The van der Waals surface area contributed by atoms with E-state index in [0.29, 0.717) is 6.04 Å². The van der Waals surface area contributed by atoms with E-state index in [0.717, 1.165) is 12.8 Å². The monoisotopic (exact) mass is 770 g/mol. The molecular weight excluding hydrogens is 670 g/mol. The number of hydrogen-bond acceptors (Lipinski definition) is 3. The van der Waals surface area contributed by atoms with E-state index in [-0.39, 0.29) is 36.0 Å². The van der Waals surface area contributed by atoms with Crippen LogP contribution in [0.1, 0.15) is 297 Å². The normalized spacial score (nSPS) is 12.1. The fraction of sp³-hybridized carbons (Fsp3) is 0.980. The summed E-state index contributed by atoms with van der Waals surface area (Å²) in [5.41, 5.74) is 0. The van der Waals surface area contributed by atoms with Gasteiger partial charge in [0.05, 0.1) is 0 Å². The number of nitrogens with zero attached hydrogens (tertiary/aromatic N) is 1. The van der Waals surface area contributed by atoms with Crippen LogP contribution >= 0.6 is 0 Å². The Bertz CT molecular complexity index is 644. The molecule has 0 spiro atoms. The molecule has 0 rings (SSSR count). The maximum atomic E-state index is 11.0. The number of carbonyl (C=O) groups is 1. The minimum absolute atomic E-state index is 0. The molecule has 0 aromatic carbocycles. The predicted octanol–water partition coefficient (Wildman–Crippen LogP) is 13.2. The van der Waals surface area contributed by atoms with Crippen molar-refractivity contribution in [2.45, 2.75) is 303 Å². The number of unbranched alkanes of at least 4 members (excludes halogenated alkanes) is 38. The largest absolute Gasteiger partial charge is 1.00 e. The van der Waals surface area contributed by atoms with Gasteiger partial charge in [0, 0.05) is 12.0 Å². The maximum Gasteiger partial charge on any atom is 1.00 e. The molecule has 0 saturated carbocycles. The van der Waals surface area contributed by atoms with Crippen molar-refractivity contribution in [2.24, 2.45) is 0 Å². The summed E-state index contributed by atoms with van der Waals surface area (Å²) >= 11 is 0. The van der Waals surface area contributed by atoms with Crippen molar-refractivity contribution >= 4 is 5.97 Å². The maximum absolute atomic E-state index is 11.0. The van der Waals surface area contributed by atoms with Crippen LogP contribution in [-0.2, 0) is 4.79 Å². The summed E-state index contributed by atoms with van der Waals surface area (Å²) in [5.74, 6) is -0.896. The molecule has 0 heterocycles. The molecule has 0 aliphatic heterocycles. The van der Waals surface area contributed by atoms with Crippen molar-refractivity contribution in [3.8, 4) is 0 Å². The first-order valence-corrected chi connectivity index (χ1v) is 25.1. The van der Waals surface area contributed by atoms with Crippen molar-refractivity contribution in [1.29, 1.82) is 0 Å². The topological polar surface area (TPSA) is 43.4 Å². The molecule has 0 amide bonds. The van der Waals surface area contributed by atoms with Crippen LogP contribution < -0.4 is 34.7 Å². The second-order valence-electron chi connectivity index (χ2n) is 17.6. The molecule has 0 aliphatic rings. The molecule has 318 valence electrons. The molecule has 0 aromatic rings. The van der Waals surface area contributed by atoms with E-state index in [1.54, 1.807) is 0 Å². The van der Waals surface area contributed by atoms with Crippen molar-refractivity contribution in [3.63, 3.8) is 0 Å². The minimum Gasteiger partial charge on any atom is -0.550 e. The molecule has 1 atom stereocenters. The first-order valence-electron chi connectivity index (χ1n) is 25.1. The molecule has 0 fully saturated rings. The molecule has 1 unspecified atom stereocenters. The van der Waals surface area contributed by atoms with Crippen molar-refractivity contribution < 1.29 is 39.5 Å². The van der Waals surface area contributed by atoms with E-state index in [4.69, 9.17) is 0 Å². The average molecular weight is 770 g/mol. The Morgan fingerprint density at radius 1 is 0.370 bits per heavy atom. The van der Waals surface area contributed by atoms with E-state index in [9.17, 15) is 9.90 Å². The summed E-state index contributed by atoms with van der Waals surface area (Å²) in [6.07, 6.45) is 59.0. The molecule has 0 bridgehead atoms. The molecule has 0 aliphatic carbocycles. The third kappa shape index (κ3) is 46.8. The Labute approximate surface area is 364 Å². The molecule has 0 radical (unpaired) electrons. The average Bonchev–Trinajstić information content (AvgIpc) is 3.15. The molecular formula is C50H100NNaO2. The minimum atomic E-state index is -0.896. The molecule has 4 heteroatoms. The number of carboxylic acid groups (broad SMARTS) is 1. The summed E-state index contributed by atoms with van der Waals surface area (Å²) < 4.78 is 0. The summed E-state index contributed by atoms with van der Waals surface area (Å²) in [6, 6.07) is 0.481. The van der Waals surface area contributed by atoms with Gasteiger partial charge in [-0.3, -0.25) is 0 Å². The van der Waals surface area contributed by atoms with Crippen LogP contribution in [0.4, 0.5) is 0 Å².